The Morgan fingerprint density at radius 1 is 0.452 bits per heavy atom. The molecule has 84 heavy (non-hydrogen) atoms. The topological polar surface area (TPSA) is 590 Å². The standard InChI is InChI=1S/C51H85N23O10/c52-17-3-1-8-34(69-42(77)36(10-5-19-63-49(55)56)68-41(76)33(54)22-29-13-15-32(75)16-14-29)44(79)73-39(23-30-25-61-27-66-30)46(81)71-37(11-6-20-64-50(57)58)43(78)70-35(9-2-4-18-53)45(80)74-40(24-31-26-62-28-67-31)47(82)72-38(48(83)84)12-7-21-65-51(59)60/h13-16,25-28,33-40,75H,1-12,17-24,52-54H2,(H,61,66)(H,62,67)(H,68,76)(H,69,77)(H,70,78)(H,71,81)(H,72,82)(H,73,79)(H,74,80)(H,83,84)(H4,55,56,63)(H4,57,58,64)(H4,59,60,65)/t33-,34-,35-,36-,37-,38-,39-,40-/m0/s1. The number of nitrogens with zero attached hydrogens (tertiary/aromatic N) is 5. The number of aromatic hydroxyl groups is 1. The summed E-state index contributed by atoms with van der Waals surface area (Å²) < 4.78 is 0. The van der Waals surface area contributed by atoms with E-state index in [-0.39, 0.29) is 127 Å². The second kappa shape index (κ2) is 37.8. The van der Waals surface area contributed by atoms with Crippen LogP contribution in [0.3, 0.4) is 0 Å². The van der Waals surface area contributed by atoms with E-state index in [4.69, 9.17) is 51.6 Å². The Morgan fingerprint density at radius 3 is 1.11 bits per heavy atom. The molecule has 1 aromatic carbocycles. The largest absolute Gasteiger partial charge is 0.508 e. The number of phenols is 1. The van der Waals surface area contributed by atoms with E-state index >= 15 is 0 Å². The van der Waals surface area contributed by atoms with Crippen LogP contribution in [0.2, 0.25) is 0 Å². The quantitative estimate of drug-likeness (QED) is 0.0143. The van der Waals surface area contributed by atoms with Crippen LogP contribution in [0, 0.1) is 0 Å². The van der Waals surface area contributed by atoms with Crippen molar-refractivity contribution < 1.29 is 48.6 Å². The van der Waals surface area contributed by atoms with Crippen LogP contribution in [-0.2, 0) is 57.6 Å². The number of imidazole rings is 2. The second-order valence-corrected chi connectivity index (χ2v) is 19.7. The number of aliphatic carboxylic acids is 1. The molecule has 0 aliphatic rings. The highest BCUT2D eigenvalue weighted by Crippen LogP contribution is 2.14. The Labute approximate surface area is 485 Å². The lowest BCUT2D eigenvalue weighted by atomic mass is 10.0. The zero-order valence-corrected chi connectivity index (χ0v) is 47.0. The molecule has 0 aliphatic heterocycles. The highest BCUT2D eigenvalue weighted by molar-refractivity contribution is 5.98. The predicted molar refractivity (Wildman–Crippen MR) is 311 cm³/mol. The van der Waals surface area contributed by atoms with Gasteiger partial charge in [0, 0.05) is 56.3 Å². The second-order valence-electron chi connectivity index (χ2n) is 19.7. The van der Waals surface area contributed by atoms with Crippen molar-refractivity contribution in [1.29, 1.82) is 0 Å². The van der Waals surface area contributed by atoms with Crippen LogP contribution in [-0.4, -0.2) is 176 Å². The number of hydrogen-bond acceptors (Lipinski definition) is 17. The molecule has 0 radical (unpaired) electrons. The van der Waals surface area contributed by atoms with Crippen LogP contribution in [0.5, 0.6) is 5.75 Å². The number of carboxylic acid groups (broad SMARTS) is 1. The number of benzene rings is 1. The molecular weight excluding hydrogens is 1090 g/mol. The predicted octanol–water partition coefficient (Wildman–Crippen LogP) is -5.91. The fraction of sp³-hybridized carbons (Fsp3) is 0.549. The highest BCUT2D eigenvalue weighted by atomic mass is 16.4. The summed E-state index contributed by atoms with van der Waals surface area (Å²) in [6.45, 7) is 0.664. The molecule has 0 bridgehead atoms. The van der Waals surface area contributed by atoms with Gasteiger partial charge in [-0.25, -0.2) is 14.8 Å². The summed E-state index contributed by atoms with van der Waals surface area (Å²) in [5, 5.41) is 38.3. The molecular formula is C51H85N23O10. The van der Waals surface area contributed by atoms with Crippen molar-refractivity contribution in [1.82, 2.24) is 57.2 Å². The minimum absolute atomic E-state index is 0.00239. The van der Waals surface area contributed by atoms with Gasteiger partial charge in [-0.05, 0) is 114 Å². The number of amides is 7. The summed E-state index contributed by atoms with van der Waals surface area (Å²) in [6, 6.07) is -4.69. The molecule has 33 heteroatoms. The maximum absolute atomic E-state index is 14.6. The molecule has 7 amide bonds. The summed E-state index contributed by atoms with van der Waals surface area (Å²) in [6.07, 6.45) is 7.03. The van der Waals surface area contributed by atoms with Gasteiger partial charge in [-0.1, -0.05) is 12.1 Å². The fourth-order valence-electron chi connectivity index (χ4n) is 8.37. The van der Waals surface area contributed by atoms with E-state index in [9.17, 15) is 48.6 Å². The number of guanidine groups is 3. The molecule has 0 spiro atoms. The number of rotatable bonds is 41. The van der Waals surface area contributed by atoms with Gasteiger partial charge in [0.25, 0.3) is 0 Å². The average molecular weight is 1180 g/mol. The first-order valence-corrected chi connectivity index (χ1v) is 27.5. The van der Waals surface area contributed by atoms with E-state index in [0.717, 1.165) is 0 Å². The van der Waals surface area contributed by atoms with Crippen LogP contribution < -0.4 is 88.8 Å². The number of carboxylic acids is 1. The number of nitrogens with one attached hydrogen (secondary N) is 9. The number of carbonyl (C=O) groups excluding carboxylic acids is 7. The summed E-state index contributed by atoms with van der Waals surface area (Å²) in [5.74, 6) is -7.72. The lowest BCUT2D eigenvalue weighted by Crippen LogP contribution is -2.60. The normalized spacial score (nSPS) is 13.8. The summed E-state index contributed by atoms with van der Waals surface area (Å²) in [5.41, 5.74) is 52.2. The third-order valence-corrected chi connectivity index (χ3v) is 12.8. The smallest absolute Gasteiger partial charge is 0.326 e. The van der Waals surface area contributed by atoms with Crippen LogP contribution >= 0.6 is 0 Å². The van der Waals surface area contributed by atoms with Crippen LogP contribution in [0.1, 0.15) is 94.0 Å². The zero-order chi connectivity index (χ0) is 62.0. The molecule has 33 nitrogen and oxygen atoms in total. The molecule has 29 N–H and O–H groups in total. The van der Waals surface area contributed by atoms with Crippen molar-refractivity contribution in [2.24, 2.45) is 66.6 Å². The fourth-order valence-corrected chi connectivity index (χ4v) is 8.37. The number of aromatic nitrogens is 4. The molecule has 8 atom stereocenters. The Balaban J connectivity index is 1.96. The van der Waals surface area contributed by atoms with Gasteiger partial charge in [0.15, 0.2) is 17.9 Å². The summed E-state index contributed by atoms with van der Waals surface area (Å²) >= 11 is 0. The van der Waals surface area contributed by atoms with Crippen LogP contribution in [0.15, 0.2) is 64.3 Å². The summed E-state index contributed by atoms with van der Waals surface area (Å²) in [7, 11) is 0. The minimum atomic E-state index is -1.46. The van der Waals surface area contributed by atoms with Gasteiger partial charge in [0.05, 0.1) is 18.7 Å². The van der Waals surface area contributed by atoms with Gasteiger partial charge in [-0.2, -0.15) is 0 Å². The van der Waals surface area contributed by atoms with E-state index in [1.165, 1.54) is 37.2 Å². The number of aliphatic imine (C=N–C) groups is 3. The van der Waals surface area contributed by atoms with Gasteiger partial charge in [-0.3, -0.25) is 48.5 Å². The molecule has 0 saturated heterocycles. The molecule has 3 rings (SSSR count). The third-order valence-electron chi connectivity index (χ3n) is 12.8. The van der Waals surface area contributed by atoms with Gasteiger partial charge >= 0.3 is 5.97 Å². The first kappa shape index (κ1) is 69.2. The molecule has 0 aliphatic carbocycles. The Kier molecular flexibility index (Phi) is 31.1. The molecule has 0 saturated carbocycles. The zero-order valence-electron chi connectivity index (χ0n) is 47.0. The van der Waals surface area contributed by atoms with Crippen molar-refractivity contribution in [3.63, 3.8) is 0 Å². The molecule has 0 fully saturated rings. The maximum Gasteiger partial charge on any atom is 0.326 e. The molecule has 2 aromatic heterocycles. The average Bonchev–Trinajstić information content (AvgIpc) is 4.25. The Bertz CT molecular complexity index is 2610. The number of phenolic OH excluding ortho intramolecular Hbond substituents is 1. The van der Waals surface area contributed by atoms with Gasteiger partial charge in [0.2, 0.25) is 41.4 Å². The van der Waals surface area contributed by atoms with Crippen molar-refractivity contribution in [3.8, 4) is 5.75 Å². The molecule has 0 unspecified atom stereocenters. The Morgan fingerprint density at radius 2 is 0.774 bits per heavy atom. The van der Waals surface area contributed by atoms with Crippen molar-refractivity contribution >= 4 is 65.2 Å². The lowest BCUT2D eigenvalue weighted by Gasteiger charge is -2.28. The SMILES string of the molecule is NCCCC[C@H](NC(=O)[C@H](CCCN=C(N)N)NC(=O)[C@H](Cc1cnc[nH]1)NC(=O)[C@H](CCCCN)NC(=O)[C@H](CCCN=C(N)N)NC(=O)[C@@H](N)Cc1ccc(O)cc1)C(=O)N[C@@H](Cc1cnc[nH]1)C(=O)N[C@@H](CCCN=C(N)N)C(=O)O. The minimum Gasteiger partial charge on any atom is -0.508 e. The number of carbonyl (C=O) groups is 8. The van der Waals surface area contributed by atoms with E-state index in [2.05, 4.69) is 72.1 Å². The van der Waals surface area contributed by atoms with Crippen LogP contribution in [0.4, 0.5) is 0 Å². The van der Waals surface area contributed by atoms with E-state index < -0.39 is 95.7 Å². The maximum atomic E-state index is 14.6. The monoisotopic (exact) mass is 1180 g/mol. The van der Waals surface area contributed by atoms with Crippen molar-refractivity contribution in [2.75, 3.05) is 32.7 Å². The van der Waals surface area contributed by atoms with Gasteiger partial charge in [-0.15, -0.1) is 0 Å². The van der Waals surface area contributed by atoms with E-state index in [0.29, 0.717) is 42.6 Å². The number of H-pyrrole nitrogens is 2. The first-order valence-electron chi connectivity index (χ1n) is 27.5. The van der Waals surface area contributed by atoms with Gasteiger partial charge in [0.1, 0.15) is 48.0 Å². The van der Waals surface area contributed by atoms with Crippen LogP contribution in [0.25, 0.3) is 0 Å². The van der Waals surface area contributed by atoms with Crippen molar-refractivity contribution in [3.05, 3.63) is 66.3 Å². The first-order chi connectivity index (χ1) is 40.1. The number of aromatic amines is 2. The van der Waals surface area contributed by atoms with Crippen molar-refractivity contribution in [2.45, 2.75) is 145 Å². The molecule has 2 heterocycles. The number of unbranched alkanes of at least 4 members (excludes halogenated alkanes) is 2. The third kappa shape index (κ3) is 27.1. The summed E-state index contributed by atoms with van der Waals surface area (Å²) in [4.78, 5) is 137. The number of hydrogen-bond donors (Lipinski definition) is 20. The van der Waals surface area contributed by atoms with E-state index in [1.54, 1.807) is 12.1 Å². The lowest BCUT2D eigenvalue weighted by molar-refractivity contribution is -0.142. The van der Waals surface area contributed by atoms with Gasteiger partial charge < -0.3 is 109 Å². The number of nitrogens with two attached hydrogens (primary N) is 9. The Hall–Kier alpha value is -9.11. The molecule has 464 valence electrons. The molecule has 3 aromatic rings. The van der Waals surface area contributed by atoms with E-state index in [1.807, 2.05) is 0 Å². The highest BCUT2D eigenvalue weighted by Gasteiger charge is 2.35.